The standard InChI is InChI=1S/C21H28ClNO2S/c1-2-3-4-5-6-7-8-9-16-24-21(26)20(22)25-18-14-10-12-17-13-11-15-23-19(17)18/h10-15,20H,2-9,16H2,1H3. The molecule has 0 spiro atoms. The van der Waals surface area contributed by atoms with Gasteiger partial charge < -0.3 is 9.47 Å². The van der Waals surface area contributed by atoms with Crippen LogP contribution in [0.5, 0.6) is 5.75 Å². The average Bonchev–Trinajstić information content (AvgIpc) is 2.66. The molecule has 0 fully saturated rings. The molecule has 5 heteroatoms. The van der Waals surface area contributed by atoms with Crippen LogP contribution in [0.2, 0.25) is 0 Å². The number of ether oxygens (including phenoxy) is 2. The number of fused-ring (bicyclic) bond motifs is 1. The van der Waals surface area contributed by atoms with Gasteiger partial charge in [-0.05, 0) is 30.8 Å². The second-order valence-corrected chi connectivity index (χ2v) is 7.21. The molecule has 0 N–H and O–H groups in total. The van der Waals surface area contributed by atoms with E-state index in [1.165, 1.54) is 38.5 Å². The van der Waals surface area contributed by atoms with Gasteiger partial charge in [-0.2, -0.15) is 0 Å². The Bertz CT molecular complexity index is 675. The smallest absolute Gasteiger partial charge is 0.239 e. The summed E-state index contributed by atoms with van der Waals surface area (Å²) in [5, 5.41) is 1.28. The monoisotopic (exact) mass is 393 g/mol. The van der Waals surface area contributed by atoms with E-state index in [0.717, 1.165) is 23.7 Å². The van der Waals surface area contributed by atoms with Crippen molar-refractivity contribution < 1.29 is 9.47 Å². The number of benzene rings is 1. The Morgan fingerprint density at radius 1 is 1.04 bits per heavy atom. The van der Waals surface area contributed by atoms with Gasteiger partial charge in [0.2, 0.25) is 10.6 Å². The highest BCUT2D eigenvalue weighted by Gasteiger charge is 2.16. The number of hydrogen-bond donors (Lipinski definition) is 0. The van der Waals surface area contributed by atoms with Crippen LogP contribution in [0.3, 0.4) is 0 Å². The molecule has 0 amide bonds. The van der Waals surface area contributed by atoms with Crippen molar-refractivity contribution in [3.63, 3.8) is 0 Å². The van der Waals surface area contributed by atoms with E-state index in [9.17, 15) is 0 Å². The summed E-state index contributed by atoms with van der Waals surface area (Å²) < 4.78 is 11.3. The van der Waals surface area contributed by atoms with Crippen LogP contribution in [0.4, 0.5) is 0 Å². The third-order valence-electron chi connectivity index (χ3n) is 4.25. The van der Waals surface area contributed by atoms with Crippen molar-refractivity contribution in [1.82, 2.24) is 4.98 Å². The van der Waals surface area contributed by atoms with Crippen LogP contribution in [0.1, 0.15) is 58.3 Å². The molecular weight excluding hydrogens is 366 g/mol. The van der Waals surface area contributed by atoms with E-state index in [0.29, 0.717) is 12.4 Å². The van der Waals surface area contributed by atoms with E-state index < -0.39 is 5.56 Å². The van der Waals surface area contributed by atoms with E-state index in [1.54, 1.807) is 6.20 Å². The summed E-state index contributed by atoms with van der Waals surface area (Å²) in [7, 11) is 0. The van der Waals surface area contributed by atoms with Crippen LogP contribution in [0.15, 0.2) is 36.5 Å². The summed E-state index contributed by atoms with van der Waals surface area (Å²) in [4.78, 5) is 4.35. The highest BCUT2D eigenvalue weighted by Crippen LogP contribution is 2.25. The summed E-state index contributed by atoms with van der Waals surface area (Å²) in [5.41, 5.74) is -0.0295. The minimum Gasteiger partial charge on any atom is -0.483 e. The topological polar surface area (TPSA) is 31.4 Å². The fourth-order valence-corrected chi connectivity index (χ4v) is 3.10. The number of unbranched alkanes of at least 4 members (excludes halogenated alkanes) is 7. The maximum Gasteiger partial charge on any atom is 0.239 e. The van der Waals surface area contributed by atoms with Crippen LogP contribution in [-0.2, 0) is 4.74 Å². The minimum atomic E-state index is -0.799. The number of hydrogen-bond acceptors (Lipinski definition) is 4. The molecule has 142 valence electrons. The third-order valence-corrected chi connectivity index (χ3v) is 5.00. The van der Waals surface area contributed by atoms with E-state index in [2.05, 4.69) is 11.9 Å². The predicted molar refractivity (Wildman–Crippen MR) is 113 cm³/mol. The number of alkyl halides is 1. The van der Waals surface area contributed by atoms with Crippen LogP contribution in [0, 0.1) is 0 Å². The molecule has 0 radical (unpaired) electrons. The first-order valence-corrected chi connectivity index (χ1v) is 10.4. The van der Waals surface area contributed by atoms with Crippen molar-refractivity contribution in [2.45, 2.75) is 63.9 Å². The van der Waals surface area contributed by atoms with Gasteiger partial charge in [-0.25, -0.2) is 0 Å². The molecule has 0 saturated carbocycles. The van der Waals surface area contributed by atoms with Crippen LogP contribution in [0.25, 0.3) is 10.9 Å². The molecule has 1 unspecified atom stereocenters. The lowest BCUT2D eigenvalue weighted by Gasteiger charge is -2.15. The second kappa shape index (κ2) is 12.1. The SMILES string of the molecule is CCCCCCCCCCOC(=S)C(Cl)Oc1cccc2cccnc12. The highest BCUT2D eigenvalue weighted by molar-refractivity contribution is 7.80. The maximum absolute atomic E-state index is 6.26. The molecule has 0 saturated heterocycles. The lowest BCUT2D eigenvalue weighted by molar-refractivity contribution is 0.249. The first-order valence-electron chi connectivity index (χ1n) is 9.53. The molecular formula is C21H28ClNO2S. The van der Waals surface area contributed by atoms with E-state index in [1.807, 2.05) is 30.3 Å². The number of nitrogens with zero attached hydrogens (tertiary/aromatic N) is 1. The Hall–Kier alpha value is -1.39. The lowest BCUT2D eigenvalue weighted by atomic mass is 10.1. The minimum absolute atomic E-state index is 0.280. The summed E-state index contributed by atoms with van der Waals surface area (Å²) in [6.45, 7) is 2.83. The molecule has 1 atom stereocenters. The first kappa shape index (κ1) is 20.9. The van der Waals surface area contributed by atoms with Crippen molar-refractivity contribution in [3.05, 3.63) is 36.5 Å². The molecule has 2 aromatic rings. The average molecular weight is 394 g/mol. The Balaban J connectivity index is 1.66. The van der Waals surface area contributed by atoms with Gasteiger partial charge in [-0.3, -0.25) is 4.98 Å². The largest absolute Gasteiger partial charge is 0.483 e. The molecule has 1 aromatic carbocycles. The Kier molecular flexibility index (Phi) is 9.72. The van der Waals surface area contributed by atoms with Gasteiger partial charge in [0, 0.05) is 11.6 Å². The quantitative estimate of drug-likeness (QED) is 0.229. The fourth-order valence-electron chi connectivity index (χ4n) is 2.81. The molecule has 2 rings (SSSR count). The summed E-state index contributed by atoms with van der Waals surface area (Å²) in [5.74, 6) is 0.612. The van der Waals surface area contributed by atoms with Crippen LogP contribution >= 0.6 is 23.8 Å². The molecule has 26 heavy (non-hydrogen) atoms. The van der Waals surface area contributed by atoms with Crippen LogP contribution < -0.4 is 4.74 Å². The van der Waals surface area contributed by atoms with Crippen molar-refractivity contribution in [2.24, 2.45) is 0 Å². The van der Waals surface area contributed by atoms with Gasteiger partial charge in [0.15, 0.2) is 0 Å². The number of rotatable bonds is 12. The normalized spacial score (nSPS) is 12.1. The van der Waals surface area contributed by atoms with Gasteiger partial charge in [-0.15, -0.1) is 0 Å². The molecule has 0 bridgehead atoms. The van der Waals surface area contributed by atoms with Crippen LogP contribution in [-0.4, -0.2) is 22.2 Å². The van der Waals surface area contributed by atoms with Gasteiger partial charge in [0.05, 0.1) is 6.61 Å². The number of para-hydroxylation sites is 1. The predicted octanol–water partition coefficient (Wildman–Crippen LogP) is 6.66. The number of pyridine rings is 1. The molecule has 1 heterocycles. The van der Waals surface area contributed by atoms with Crippen molar-refractivity contribution in [1.29, 1.82) is 0 Å². The van der Waals surface area contributed by atoms with Gasteiger partial charge in [0.25, 0.3) is 0 Å². The zero-order valence-electron chi connectivity index (χ0n) is 15.5. The molecule has 1 aromatic heterocycles. The molecule has 0 aliphatic rings. The van der Waals surface area contributed by atoms with Crippen molar-refractivity contribution in [2.75, 3.05) is 6.61 Å². The van der Waals surface area contributed by atoms with Crippen molar-refractivity contribution in [3.8, 4) is 5.75 Å². The molecule has 0 aliphatic carbocycles. The Morgan fingerprint density at radius 2 is 1.73 bits per heavy atom. The third kappa shape index (κ3) is 7.08. The highest BCUT2D eigenvalue weighted by atomic mass is 35.5. The number of halogens is 1. The maximum atomic E-state index is 6.26. The van der Waals surface area contributed by atoms with Gasteiger partial charge >= 0.3 is 0 Å². The Labute approximate surface area is 167 Å². The summed E-state index contributed by atoms with van der Waals surface area (Å²) >= 11 is 11.5. The Morgan fingerprint density at radius 3 is 2.50 bits per heavy atom. The summed E-state index contributed by atoms with van der Waals surface area (Å²) in [6, 6.07) is 9.60. The summed E-state index contributed by atoms with van der Waals surface area (Å²) in [6.07, 6.45) is 11.8. The van der Waals surface area contributed by atoms with E-state index in [-0.39, 0.29) is 5.05 Å². The fraction of sp³-hybridized carbons (Fsp3) is 0.524. The van der Waals surface area contributed by atoms with E-state index in [4.69, 9.17) is 33.3 Å². The van der Waals surface area contributed by atoms with Gasteiger partial charge in [0.1, 0.15) is 11.3 Å². The number of aromatic nitrogens is 1. The second-order valence-electron chi connectivity index (χ2n) is 6.41. The van der Waals surface area contributed by atoms with Crippen molar-refractivity contribution >= 4 is 39.8 Å². The van der Waals surface area contributed by atoms with E-state index >= 15 is 0 Å². The lowest BCUT2D eigenvalue weighted by Crippen LogP contribution is -2.22. The molecule has 0 aliphatic heterocycles. The number of thiocarbonyl (C=S) groups is 1. The first-order chi connectivity index (χ1) is 12.7. The molecule has 3 nitrogen and oxygen atoms in total. The zero-order chi connectivity index (χ0) is 18.6. The van der Waals surface area contributed by atoms with Gasteiger partial charge in [-0.1, -0.05) is 81.7 Å². The zero-order valence-corrected chi connectivity index (χ0v) is 17.0.